The summed E-state index contributed by atoms with van der Waals surface area (Å²) < 4.78 is 0.685. The highest BCUT2D eigenvalue weighted by molar-refractivity contribution is 9.10. The van der Waals surface area contributed by atoms with Crippen LogP contribution in [0.1, 0.15) is 21.6 Å². The van der Waals surface area contributed by atoms with E-state index in [1.165, 1.54) is 6.20 Å². The monoisotopic (exact) mass is 640 g/mol. The van der Waals surface area contributed by atoms with Crippen LogP contribution in [-0.2, 0) is 16.0 Å². The molecule has 174 valence electrons. The summed E-state index contributed by atoms with van der Waals surface area (Å²) in [5.74, 6) is -1.23. The zero-order chi connectivity index (χ0) is 22.2. The Bertz CT molecular complexity index is 1080. The van der Waals surface area contributed by atoms with Gasteiger partial charge in [-0.25, -0.2) is 0 Å². The van der Waals surface area contributed by atoms with Crippen LogP contribution in [-0.4, -0.2) is 35.2 Å². The Balaban J connectivity index is 0.00000272. The lowest BCUT2D eigenvalue weighted by molar-refractivity contribution is -0.125. The number of anilines is 1. The van der Waals surface area contributed by atoms with Gasteiger partial charge in [-0.05, 0) is 42.3 Å². The number of carbonyl (C=O) groups is 3. The summed E-state index contributed by atoms with van der Waals surface area (Å²) in [6.07, 6.45) is 1.89. The van der Waals surface area contributed by atoms with Crippen molar-refractivity contribution in [3.8, 4) is 0 Å². The minimum atomic E-state index is -0.774. The molecule has 0 bridgehead atoms. The average molecular weight is 643 g/mol. The van der Waals surface area contributed by atoms with Gasteiger partial charge in [-0.3, -0.25) is 19.4 Å². The summed E-state index contributed by atoms with van der Waals surface area (Å²) in [4.78, 5) is 41.5. The topological polar surface area (TPSA) is 114 Å². The summed E-state index contributed by atoms with van der Waals surface area (Å²) in [7, 11) is 0. The predicted molar refractivity (Wildman–Crippen MR) is 142 cm³/mol. The molecular weight excluding hydrogens is 620 g/mol. The largest absolute Gasteiger partial charge is 0.346 e. The van der Waals surface area contributed by atoms with Gasteiger partial charge in [0.1, 0.15) is 5.69 Å². The fourth-order valence-electron chi connectivity index (χ4n) is 2.90. The predicted octanol–water partition coefficient (Wildman–Crippen LogP) is 3.86. The fourth-order valence-corrected chi connectivity index (χ4v) is 3.26. The number of nitrogens with two attached hydrogens (primary N) is 1. The molecule has 0 saturated carbocycles. The van der Waals surface area contributed by atoms with Crippen LogP contribution in [0, 0.1) is 0 Å². The molecule has 0 aliphatic carbocycles. The first kappa shape index (κ1) is 28.6. The fraction of sp³-hybridized carbons (Fsp3) is 0.130. The van der Waals surface area contributed by atoms with Gasteiger partial charge in [-0.2, -0.15) is 0 Å². The van der Waals surface area contributed by atoms with E-state index in [4.69, 9.17) is 5.73 Å². The third-order valence-corrected chi connectivity index (χ3v) is 4.95. The minimum Gasteiger partial charge on any atom is -0.346 e. The first-order valence-electron chi connectivity index (χ1n) is 9.56. The van der Waals surface area contributed by atoms with E-state index in [1.54, 1.807) is 36.4 Å². The van der Waals surface area contributed by atoms with E-state index in [-0.39, 0.29) is 57.5 Å². The SMILES string of the molecule is Br.Br.N[C@@H](Cc1ccccc1)C(=O)NCC(=O)Nc1ccc(Br)cc1C(=O)c1ccccn1. The molecule has 0 saturated heterocycles. The molecule has 0 aliphatic rings. The highest BCUT2D eigenvalue weighted by Crippen LogP contribution is 2.23. The van der Waals surface area contributed by atoms with Crippen LogP contribution in [0.3, 0.4) is 0 Å². The molecule has 0 aliphatic heterocycles. The molecule has 1 aromatic heterocycles. The number of amides is 2. The Labute approximate surface area is 221 Å². The molecule has 1 atom stereocenters. The van der Waals surface area contributed by atoms with Gasteiger partial charge >= 0.3 is 0 Å². The molecule has 1 heterocycles. The lowest BCUT2D eigenvalue weighted by Crippen LogP contribution is -2.44. The average Bonchev–Trinajstić information content (AvgIpc) is 2.79. The number of aromatic nitrogens is 1. The van der Waals surface area contributed by atoms with Crippen LogP contribution in [0.5, 0.6) is 0 Å². The van der Waals surface area contributed by atoms with Gasteiger partial charge in [-0.1, -0.05) is 52.3 Å². The molecule has 0 spiro atoms. The van der Waals surface area contributed by atoms with E-state index in [0.717, 1.165) is 5.56 Å². The van der Waals surface area contributed by atoms with E-state index in [1.807, 2.05) is 30.3 Å². The molecule has 4 N–H and O–H groups in total. The number of nitrogens with one attached hydrogen (secondary N) is 2. The number of benzene rings is 2. The number of carbonyl (C=O) groups excluding carboxylic acids is 3. The minimum absolute atomic E-state index is 0. The molecule has 7 nitrogen and oxygen atoms in total. The van der Waals surface area contributed by atoms with E-state index < -0.39 is 17.9 Å². The van der Waals surface area contributed by atoms with Crippen molar-refractivity contribution in [1.82, 2.24) is 10.3 Å². The zero-order valence-electron chi connectivity index (χ0n) is 17.4. The number of nitrogens with zero attached hydrogens (tertiary/aromatic N) is 1. The number of hydrogen-bond donors (Lipinski definition) is 3. The van der Waals surface area contributed by atoms with Crippen LogP contribution in [0.2, 0.25) is 0 Å². The summed E-state index contributed by atoms with van der Waals surface area (Å²) in [6, 6.07) is 18.6. The third-order valence-electron chi connectivity index (χ3n) is 4.46. The van der Waals surface area contributed by atoms with Crippen LogP contribution in [0.4, 0.5) is 5.69 Å². The van der Waals surface area contributed by atoms with Crippen LogP contribution in [0.25, 0.3) is 0 Å². The van der Waals surface area contributed by atoms with Gasteiger partial charge in [-0.15, -0.1) is 34.0 Å². The standard InChI is InChI=1S/C23H21BrN4O3.2BrH/c24-16-9-10-19(17(13-16)22(30)20-8-4-5-11-26-20)28-21(29)14-27-23(31)18(25)12-15-6-2-1-3-7-15;;/h1-11,13,18H,12,14,25H2,(H,27,31)(H,28,29);2*1H/t18-;;/m0../s1. The van der Waals surface area contributed by atoms with E-state index in [2.05, 4.69) is 31.5 Å². The Morgan fingerprint density at radius 3 is 2.33 bits per heavy atom. The van der Waals surface area contributed by atoms with Crippen molar-refractivity contribution in [2.45, 2.75) is 12.5 Å². The van der Waals surface area contributed by atoms with Crippen molar-refractivity contribution in [3.05, 3.63) is 94.2 Å². The molecule has 10 heteroatoms. The normalized spacial score (nSPS) is 10.7. The van der Waals surface area contributed by atoms with Crippen molar-refractivity contribution in [2.24, 2.45) is 5.73 Å². The molecule has 33 heavy (non-hydrogen) atoms. The quantitative estimate of drug-likeness (QED) is 0.323. The van der Waals surface area contributed by atoms with Crippen molar-refractivity contribution >= 4 is 73.2 Å². The molecule has 2 amide bonds. The summed E-state index contributed by atoms with van der Waals surface area (Å²) >= 11 is 3.34. The van der Waals surface area contributed by atoms with Gasteiger partial charge < -0.3 is 16.4 Å². The second-order valence-corrected chi connectivity index (χ2v) is 7.71. The lowest BCUT2D eigenvalue weighted by atomic mass is 10.1. The van der Waals surface area contributed by atoms with Crippen LogP contribution < -0.4 is 16.4 Å². The van der Waals surface area contributed by atoms with E-state index in [0.29, 0.717) is 16.6 Å². The van der Waals surface area contributed by atoms with Crippen molar-refractivity contribution in [1.29, 1.82) is 0 Å². The number of ketones is 1. The van der Waals surface area contributed by atoms with E-state index in [9.17, 15) is 14.4 Å². The molecule has 2 aromatic carbocycles. The van der Waals surface area contributed by atoms with Crippen molar-refractivity contribution in [2.75, 3.05) is 11.9 Å². The summed E-state index contributed by atoms with van der Waals surface area (Å²) in [5, 5.41) is 5.20. The Morgan fingerprint density at radius 2 is 1.67 bits per heavy atom. The van der Waals surface area contributed by atoms with Crippen LogP contribution in [0.15, 0.2) is 77.4 Å². The van der Waals surface area contributed by atoms with Gasteiger partial charge in [0.25, 0.3) is 0 Å². The molecule has 0 unspecified atom stereocenters. The molecular formula is C23H23Br3N4O3. The Hall–Kier alpha value is -2.40. The lowest BCUT2D eigenvalue weighted by Gasteiger charge is -2.14. The number of hydrogen-bond acceptors (Lipinski definition) is 5. The molecule has 0 radical (unpaired) electrons. The van der Waals surface area contributed by atoms with Crippen molar-refractivity contribution in [3.63, 3.8) is 0 Å². The Kier molecular flexibility index (Phi) is 12.1. The smallest absolute Gasteiger partial charge is 0.243 e. The van der Waals surface area contributed by atoms with Crippen LogP contribution >= 0.6 is 49.9 Å². The summed E-state index contributed by atoms with van der Waals surface area (Å²) in [6.45, 7) is -0.269. The highest BCUT2D eigenvalue weighted by atomic mass is 79.9. The third kappa shape index (κ3) is 8.47. The summed E-state index contributed by atoms with van der Waals surface area (Å²) in [5.41, 5.74) is 7.74. The molecule has 3 rings (SSSR count). The Morgan fingerprint density at radius 1 is 0.970 bits per heavy atom. The zero-order valence-corrected chi connectivity index (χ0v) is 22.4. The highest BCUT2D eigenvalue weighted by Gasteiger charge is 2.18. The second-order valence-electron chi connectivity index (χ2n) is 6.80. The number of pyridine rings is 1. The number of rotatable bonds is 8. The second kappa shape index (κ2) is 14.0. The maximum Gasteiger partial charge on any atom is 0.243 e. The first-order chi connectivity index (χ1) is 14.9. The van der Waals surface area contributed by atoms with Gasteiger partial charge in [0.05, 0.1) is 18.3 Å². The van der Waals surface area contributed by atoms with Gasteiger partial charge in [0.15, 0.2) is 0 Å². The first-order valence-corrected chi connectivity index (χ1v) is 10.4. The van der Waals surface area contributed by atoms with E-state index >= 15 is 0 Å². The number of halogens is 3. The maximum absolute atomic E-state index is 12.8. The van der Waals surface area contributed by atoms with Gasteiger partial charge in [0.2, 0.25) is 17.6 Å². The molecule has 0 fully saturated rings. The van der Waals surface area contributed by atoms with Crippen molar-refractivity contribution < 1.29 is 14.4 Å². The molecule has 3 aromatic rings. The van der Waals surface area contributed by atoms with Gasteiger partial charge in [0, 0.05) is 16.2 Å². The maximum atomic E-state index is 12.8.